The predicted octanol–water partition coefficient (Wildman–Crippen LogP) is 3.03. The summed E-state index contributed by atoms with van der Waals surface area (Å²) < 4.78 is 0. The lowest BCUT2D eigenvalue weighted by Crippen LogP contribution is -2.22. The zero-order valence-electron chi connectivity index (χ0n) is 15.8. The van der Waals surface area contributed by atoms with Crippen molar-refractivity contribution in [1.82, 2.24) is 30.6 Å². The van der Waals surface area contributed by atoms with E-state index in [9.17, 15) is 4.79 Å². The molecule has 8 heteroatoms. The van der Waals surface area contributed by atoms with Crippen molar-refractivity contribution in [2.24, 2.45) is 5.73 Å². The minimum absolute atomic E-state index is 0.430. The van der Waals surface area contributed by atoms with Crippen LogP contribution in [-0.4, -0.2) is 36.5 Å². The molecule has 0 spiro atoms. The molecule has 0 aliphatic carbocycles. The van der Waals surface area contributed by atoms with E-state index in [1.807, 2.05) is 48.5 Å². The summed E-state index contributed by atoms with van der Waals surface area (Å²) in [7, 11) is 0. The number of H-pyrrole nitrogens is 2. The molecule has 2 aromatic carbocycles. The summed E-state index contributed by atoms with van der Waals surface area (Å²) >= 11 is 0. The first-order valence-electron chi connectivity index (χ1n) is 9.34. The van der Waals surface area contributed by atoms with Crippen LogP contribution in [0.15, 0.2) is 73.2 Å². The Kier molecular flexibility index (Phi) is 4.29. The molecule has 30 heavy (non-hydrogen) atoms. The molecule has 3 aromatic heterocycles. The number of amides is 1. The number of nitrogens with one attached hydrogen (secondary N) is 2. The van der Waals surface area contributed by atoms with Gasteiger partial charge in [-0.05, 0) is 35.4 Å². The molecule has 0 radical (unpaired) electrons. The molecular formula is C22H17N7O. The number of nitrogens with zero attached hydrogens (tertiary/aromatic N) is 4. The fourth-order valence-corrected chi connectivity index (χ4v) is 3.67. The summed E-state index contributed by atoms with van der Waals surface area (Å²) in [6, 6.07) is 17.3. The van der Waals surface area contributed by atoms with Crippen LogP contribution in [0.25, 0.3) is 33.4 Å². The molecular weight excluding hydrogens is 378 g/mol. The number of primary amides is 1. The van der Waals surface area contributed by atoms with Gasteiger partial charge in [-0.1, -0.05) is 30.3 Å². The molecule has 8 nitrogen and oxygen atoms in total. The lowest BCUT2D eigenvalue weighted by molar-refractivity contribution is -0.118. The fraction of sp³-hybridized carbons (Fsp3) is 0.0455. The molecule has 0 saturated heterocycles. The highest BCUT2D eigenvalue weighted by Gasteiger charge is 2.21. The molecule has 146 valence electrons. The molecule has 3 heterocycles. The van der Waals surface area contributed by atoms with E-state index in [1.54, 1.807) is 24.7 Å². The van der Waals surface area contributed by atoms with Crippen LogP contribution in [0.3, 0.4) is 0 Å². The third-order valence-corrected chi connectivity index (χ3v) is 5.07. The summed E-state index contributed by atoms with van der Waals surface area (Å²) in [5.41, 5.74) is 11.5. The van der Waals surface area contributed by atoms with Gasteiger partial charge < -0.3 is 5.73 Å². The van der Waals surface area contributed by atoms with Crippen molar-refractivity contribution in [3.8, 4) is 22.5 Å². The van der Waals surface area contributed by atoms with E-state index in [0.717, 1.165) is 44.5 Å². The van der Waals surface area contributed by atoms with Crippen LogP contribution < -0.4 is 5.73 Å². The number of rotatable bonds is 5. The van der Waals surface area contributed by atoms with E-state index in [2.05, 4.69) is 30.6 Å². The first-order chi connectivity index (χ1) is 14.7. The Morgan fingerprint density at radius 2 is 1.83 bits per heavy atom. The molecule has 0 bridgehead atoms. The Morgan fingerprint density at radius 1 is 0.933 bits per heavy atom. The Balaban J connectivity index is 1.61. The second-order valence-corrected chi connectivity index (χ2v) is 6.94. The van der Waals surface area contributed by atoms with Gasteiger partial charge in [-0.2, -0.15) is 20.5 Å². The predicted molar refractivity (Wildman–Crippen MR) is 112 cm³/mol. The molecule has 1 atom stereocenters. The Bertz CT molecular complexity index is 1330. The summed E-state index contributed by atoms with van der Waals surface area (Å²) in [5, 5.41) is 19.2. The van der Waals surface area contributed by atoms with E-state index in [0.29, 0.717) is 0 Å². The summed E-state index contributed by atoms with van der Waals surface area (Å²) in [6.45, 7) is 0. The first kappa shape index (κ1) is 17.7. The highest BCUT2D eigenvalue weighted by Crippen LogP contribution is 2.32. The van der Waals surface area contributed by atoms with Crippen molar-refractivity contribution < 1.29 is 4.79 Å². The van der Waals surface area contributed by atoms with Crippen LogP contribution in [0.1, 0.15) is 17.0 Å². The Morgan fingerprint density at radius 3 is 2.60 bits per heavy atom. The van der Waals surface area contributed by atoms with E-state index >= 15 is 0 Å². The van der Waals surface area contributed by atoms with Crippen LogP contribution in [0.4, 0.5) is 0 Å². The van der Waals surface area contributed by atoms with Gasteiger partial charge in [0.25, 0.3) is 0 Å². The molecule has 0 aliphatic heterocycles. The van der Waals surface area contributed by atoms with Gasteiger partial charge in [-0.25, -0.2) is 0 Å². The maximum absolute atomic E-state index is 12.2. The highest BCUT2D eigenvalue weighted by atomic mass is 16.1. The van der Waals surface area contributed by atoms with E-state index in [1.165, 1.54) is 0 Å². The largest absolute Gasteiger partial charge is 0.369 e. The van der Waals surface area contributed by atoms with Gasteiger partial charge in [0, 0.05) is 28.9 Å². The summed E-state index contributed by atoms with van der Waals surface area (Å²) in [4.78, 5) is 16.4. The molecule has 0 saturated carbocycles. The minimum Gasteiger partial charge on any atom is -0.369 e. The molecule has 5 aromatic rings. The van der Waals surface area contributed by atoms with Gasteiger partial charge in [0.1, 0.15) is 5.69 Å². The molecule has 4 N–H and O–H groups in total. The molecule has 5 rings (SSSR count). The number of nitrogens with two attached hydrogens (primary N) is 1. The number of aromatic nitrogens is 6. The summed E-state index contributed by atoms with van der Waals surface area (Å²) in [5.74, 6) is -1.02. The van der Waals surface area contributed by atoms with Gasteiger partial charge in [0.05, 0.1) is 23.3 Å². The number of benzene rings is 2. The molecule has 0 aliphatic rings. The standard InChI is InChI=1S/C22H17N7O/c23-22(30)20(16-5-2-8-24-11-16)14-3-1-4-15(9-14)21-17-10-13(19-12-25-29-27-19)6-7-18(17)26-28-21/h1-12,20H,(H2,23,30)(H,26,28)(H,25,27,29). The van der Waals surface area contributed by atoms with E-state index in [4.69, 9.17) is 5.73 Å². The number of hydrogen-bond donors (Lipinski definition) is 3. The topological polar surface area (TPSA) is 126 Å². The van der Waals surface area contributed by atoms with Crippen molar-refractivity contribution >= 4 is 16.8 Å². The smallest absolute Gasteiger partial charge is 0.229 e. The molecule has 0 fully saturated rings. The average Bonchev–Trinajstić information content (AvgIpc) is 3.44. The van der Waals surface area contributed by atoms with Crippen molar-refractivity contribution in [3.63, 3.8) is 0 Å². The zero-order chi connectivity index (χ0) is 20.5. The number of hydrogen-bond acceptors (Lipinski definition) is 5. The van der Waals surface area contributed by atoms with Crippen LogP contribution in [0, 0.1) is 0 Å². The maximum atomic E-state index is 12.2. The van der Waals surface area contributed by atoms with Crippen LogP contribution in [0.2, 0.25) is 0 Å². The lowest BCUT2D eigenvalue weighted by Gasteiger charge is -2.14. The number of carbonyl (C=O) groups is 1. The van der Waals surface area contributed by atoms with Crippen molar-refractivity contribution in [1.29, 1.82) is 0 Å². The lowest BCUT2D eigenvalue weighted by atomic mass is 9.90. The van der Waals surface area contributed by atoms with Gasteiger partial charge in [-0.3, -0.25) is 14.9 Å². The number of pyridine rings is 1. The van der Waals surface area contributed by atoms with Crippen molar-refractivity contribution in [2.45, 2.75) is 5.92 Å². The first-order valence-corrected chi connectivity index (χ1v) is 9.34. The summed E-state index contributed by atoms with van der Waals surface area (Å²) in [6.07, 6.45) is 5.00. The normalized spacial score (nSPS) is 12.1. The quantitative estimate of drug-likeness (QED) is 0.422. The fourth-order valence-electron chi connectivity index (χ4n) is 3.67. The average molecular weight is 395 g/mol. The third-order valence-electron chi connectivity index (χ3n) is 5.07. The maximum Gasteiger partial charge on any atom is 0.229 e. The SMILES string of the molecule is NC(=O)C(c1cccnc1)c1cccc(-c2n[nH]c3ccc(-c4cn[nH]n4)cc23)c1. The van der Waals surface area contributed by atoms with Crippen LogP contribution >= 0.6 is 0 Å². The Labute approximate surface area is 171 Å². The van der Waals surface area contributed by atoms with Gasteiger partial charge in [0.2, 0.25) is 5.91 Å². The zero-order valence-corrected chi connectivity index (χ0v) is 15.8. The number of aromatic amines is 2. The molecule has 1 amide bonds. The second-order valence-electron chi connectivity index (χ2n) is 6.94. The number of fused-ring (bicyclic) bond motifs is 1. The molecule has 1 unspecified atom stereocenters. The van der Waals surface area contributed by atoms with Gasteiger partial charge >= 0.3 is 0 Å². The van der Waals surface area contributed by atoms with Crippen LogP contribution in [-0.2, 0) is 4.79 Å². The van der Waals surface area contributed by atoms with Gasteiger partial charge in [0.15, 0.2) is 0 Å². The van der Waals surface area contributed by atoms with E-state index in [-0.39, 0.29) is 0 Å². The van der Waals surface area contributed by atoms with Crippen LogP contribution in [0.5, 0.6) is 0 Å². The number of carbonyl (C=O) groups excluding carboxylic acids is 1. The van der Waals surface area contributed by atoms with Crippen molar-refractivity contribution in [3.05, 3.63) is 84.3 Å². The van der Waals surface area contributed by atoms with E-state index < -0.39 is 11.8 Å². The van der Waals surface area contributed by atoms with Gasteiger partial charge in [-0.15, -0.1) is 0 Å². The monoisotopic (exact) mass is 395 g/mol. The second kappa shape index (κ2) is 7.25. The third kappa shape index (κ3) is 3.10. The minimum atomic E-state index is -0.588. The van der Waals surface area contributed by atoms with Crippen molar-refractivity contribution in [2.75, 3.05) is 0 Å². The Hall–Kier alpha value is -4.33. The highest BCUT2D eigenvalue weighted by molar-refractivity contribution is 5.95.